The van der Waals surface area contributed by atoms with Crippen molar-refractivity contribution in [2.24, 2.45) is 11.7 Å². The molecule has 2 atom stereocenters. The molecule has 0 bridgehead atoms. The van der Waals surface area contributed by atoms with Crippen LogP contribution in [0.5, 0.6) is 0 Å². The van der Waals surface area contributed by atoms with E-state index in [4.69, 9.17) is 5.73 Å². The first kappa shape index (κ1) is 21.3. The predicted octanol–water partition coefficient (Wildman–Crippen LogP) is 1.96. The Balaban J connectivity index is 2.01. The SMILES string of the molecule is CN(C)C[C@H](CNC(=O)Nc1ccc(F)c(C(N)=O)c1)[C@@H](O)c1ccccc1. The van der Waals surface area contributed by atoms with E-state index in [0.717, 1.165) is 11.6 Å². The molecule has 0 aliphatic carbocycles. The van der Waals surface area contributed by atoms with E-state index in [1.54, 1.807) is 0 Å². The van der Waals surface area contributed by atoms with Gasteiger partial charge in [-0.3, -0.25) is 4.79 Å². The van der Waals surface area contributed by atoms with Gasteiger partial charge in [0.2, 0.25) is 0 Å². The number of hydrogen-bond acceptors (Lipinski definition) is 4. The van der Waals surface area contributed by atoms with Gasteiger partial charge in [-0.15, -0.1) is 0 Å². The molecule has 2 aromatic carbocycles. The summed E-state index contributed by atoms with van der Waals surface area (Å²) in [5, 5.41) is 15.9. The van der Waals surface area contributed by atoms with E-state index in [-0.39, 0.29) is 23.7 Å². The second kappa shape index (κ2) is 9.82. The first-order valence-electron chi connectivity index (χ1n) is 8.80. The normalized spacial score (nSPS) is 13.0. The molecule has 5 N–H and O–H groups in total. The van der Waals surface area contributed by atoms with Crippen LogP contribution in [0.15, 0.2) is 48.5 Å². The number of halogens is 1. The van der Waals surface area contributed by atoms with Gasteiger partial charge in [0.25, 0.3) is 5.91 Å². The third kappa shape index (κ3) is 6.04. The van der Waals surface area contributed by atoms with Crippen molar-refractivity contribution >= 4 is 17.6 Å². The highest BCUT2D eigenvalue weighted by atomic mass is 19.1. The van der Waals surface area contributed by atoms with Crippen LogP contribution in [0, 0.1) is 11.7 Å². The molecular weight excluding hydrogens is 363 g/mol. The fraction of sp³-hybridized carbons (Fsp3) is 0.300. The lowest BCUT2D eigenvalue weighted by Gasteiger charge is -2.26. The Bertz CT molecular complexity index is 814. The van der Waals surface area contributed by atoms with Crippen molar-refractivity contribution in [2.45, 2.75) is 6.10 Å². The predicted molar refractivity (Wildman–Crippen MR) is 105 cm³/mol. The molecule has 0 saturated carbocycles. The minimum atomic E-state index is -0.918. The number of carbonyl (C=O) groups is 2. The Morgan fingerprint density at radius 3 is 2.46 bits per heavy atom. The van der Waals surface area contributed by atoms with Gasteiger partial charge in [-0.25, -0.2) is 9.18 Å². The zero-order valence-corrected chi connectivity index (χ0v) is 15.9. The van der Waals surface area contributed by atoms with Crippen molar-refractivity contribution in [3.63, 3.8) is 0 Å². The van der Waals surface area contributed by atoms with Gasteiger partial charge in [-0.05, 0) is 37.9 Å². The summed E-state index contributed by atoms with van der Waals surface area (Å²) in [4.78, 5) is 25.3. The molecule has 2 rings (SSSR count). The largest absolute Gasteiger partial charge is 0.388 e. The van der Waals surface area contributed by atoms with Crippen LogP contribution in [0.3, 0.4) is 0 Å². The first-order valence-corrected chi connectivity index (χ1v) is 8.80. The number of carbonyl (C=O) groups excluding carboxylic acids is 2. The van der Waals surface area contributed by atoms with Crippen molar-refractivity contribution in [3.8, 4) is 0 Å². The number of amides is 3. The van der Waals surface area contributed by atoms with E-state index >= 15 is 0 Å². The van der Waals surface area contributed by atoms with E-state index in [0.29, 0.717) is 6.54 Å². The molecule has 0 fully saturated rings. The van der Waals surface area contributed by atoms with Gasteiger partial charge >= 0.3 is 6.03 Å². The number of urea groups is 1. The number of nitrogens with zero attached hydrogens (tertiary/aromatic N) is 1. The topological polar surface area (TPSA) is 108 Å². The number of aliphatic hydroxyl groups excluding tert-OH is 1. The second-order valence-electron chi connectivity index (χ2n) is 6.77. The highest BCUT2D eigenvalue weighted by Crippen LogP contribution is 2.22. The molecule has 2 aromatic rings. The van der Waals surface area contributed by atoms with Crippen molar-refractivity contribution < 1.29 is 19.1 Å². The number of nitrogens with two attached hydrogens (primary N) is 1. The molecule has 7 nitrogen and oxygen atoms in total. The fourth-order valence-corrected chi connectivity index (χ4v) is 2.86. The second-order valence-corrected chi connectivity index (χ2v) is 6.77. The summed E-state index contributed by atoms with van der Waals surface area (Å²) in [5.41, 5.74) is 5.81. The van der Waals surface area contributed by atoms with Gasteiger partial charge in [0.1, 0.15) is 5.82 Å². The Hall–Kier alpha value is -2.97. The number of nitrogens with one attached hydrogen (secondary N) is 2. The molecule has 0 aromatic heterocycles. The number of benzene rings is 2. The molecule has 0 saturated heterocycles. The minimum Gasteiger partial charge on any atom is -0.388 e. The smallest absolute Gasteiger partial charge is 0.319 e. The summed E-state index contributed by atoms with van der Waals surface area (Å²) >= 11 is 0. The van der Waals surface area contributed by atoms with E-state index in [2.05, 4.69) is 10.6 Å². The molecule has 0 spiro atoms. The molecule has 3 amide bonds. The van der Waals surface area contributed by atoms with Crippen molar-refractivity contribution in [3.05, 3.63) is 65.5 Å². The summed E-state index contributed by atoms with van der Waals surface area (Å²) in [7, 11) is 3.77. The Labute approximate surface area is 163 Å². The number of aliphatic hydroxyl groups is 1. The zero-order chi connectivity index (χ0) is 20.7. The third-order valence-corrected chi connectivity index (χ3v) is 4.20. The van der Waals surface area contributed by atoms with Gasteiger partial charge in [0.05, 0.1) is 11.7 Å². The van der Waals surface area contributed by atoms with Crippen LogP contribution < -0.4 is 16.4 Å². The average Bonchev–Trinajstić information content (AvgIpc) is 2.66. The molecule has 28 heavy (non-hydrogen) atoms. The van der Waals surface area contributed by atoms with Crippen molar-refractivity contribution in [1.82, 2.24) is 10.2 Å². The van der Waals surface area contributed by atoms with Crippen LogP contribution in [0.2, 0.25) is 0 Å². The maximum absolute atomic E-state index is 13.5. The molecule has 8 heteroatoms. The lowest BCUT2D eigenvalue weighted by Crippen LogP contribution is -2.39. The van der Waals surface area contributed by atoms with E-state index < -0.39 is 23.9 Å². The maximum atomic E-state index is 13.5. The van der Waals surface area contributed by atoms with Crippen LogP contribution in [0.4, 0.5) is 14.9 Å². The number of anilines is 1. The Morgan fingerprint density at radius 2 is 1.86 bits per heavy atom. The maximum Gasteiger partial charge on any atom is 0.319 e. The standard InChI is InChI=1S/C20H25FN4O3/c1-25(2)12-14(18(26)13-6-4-3-5-7-13)11-23-20(28)24-15-8-9-17(21)16(10-15)19(22)27/h3-10,14,18,26H,11-12H2,1-2H3,(H2,22,27)(H2,23,24,28)/t14-,18-/m0/s1. The van der Waals surface area contributed by atoms with Crippen LogP contribution in [0.1, 0.15) is 22.0 Å². The van der Waals surface area contributed by atoms with Crippen LogP contribution >= 0.6 is 0 Å². The van der Waals surface area contributed by atoms with Crippen molar-refractivity contribution in [1.29, 1.82) is 0 Å². The summed E-state index contributed by atoms with van der Waals surface area (Å²) in [6, 6.07) is 12.2. The van der Waals surface area contributed by atoms with Crippen LogP contribution in [-0.4, -0.2) is 49.1 Å². The van der Waals surface area contributed by atoms with Gasteiger partial charge in [-0.1, -0.05) is 30.3 Å². The van der Waals surface area contributed by atoms with E-state index in [1.807, 2.05) is 49.3 Å². The summed E-state index contributed by atoms with van der Waals surface area (Å²) in [6.07, 6.45) is -0.754. The van der Waals surface area contributed by atoms with Gasteiger partial charge in [0, 0.05) is 24.7 Å². The molecule has 0 radical (unpaired) electrons. The monoisotopic (exact) mass is 388 g/mol. The Kier molecular flexibility index (Phi) is 7.48. The highest BCUT2D eigenvalue weighted by molar-refractivity contribution is 5.96. The third-order valence-electron chi connectivity index (χ3n) is 4.20. The lowest BCUT2D eigenvalue weighted by molar-refractivity contribution is 0.0911. The van der Waals surface area contributed by atoms with Crippen LogP contribution in [0.25, 0.3) is 0 Å². The first-order chi connectivity index (χ1) is 13.3. The molecule has 0 unspecified atom stereocenters. The van der Waals surface area contributed by atoms with Gasteiger partial charge in [-0.2, -0.15) is 0 Å². The van der Waals surface area contributed by atoms with Crippen LogP contribution in [-0.2, 0) is 0 Å². The molecule has 150 valence electrons. The number of primary amides is 1. The lowest BCUT2D eigenvalue weighted by atomic mass is 9.95. The van der Waals surface area contributed by atoms with Crippen molar-refractivity contribution in [2.75, 3.05) is 32.5 Å². The van der Waals surface area contributed by atoms with E-state index in [9.17, 15) is 19.1 Å². The zero-order valence-electron chi connectivity index (χ0n) is 15.9. The Morgan fingerprint density at radius 1 is 1.18 bits per heavy atom. The summed E-state index contributed by atoms with van der Waals surface area (Å²) in [6.45, 7) is 0.767. The fourth-order valence-electron chi connectivity index (χ4n) is 2.86. The molecule has 0 heterocycles. The van der Waals surface area contributed by atoms with Gasteiger partial charge < -0.3 is 26.4 Å². The quantitative estimate of drug-likeness (QED) is 0.554. The van der Waals surface area contributed by atoms with Gasteiger partial charge in [0.15, 0.2) is 0 Å². The number of hydrogen-bond donors (Lipinski definition) is 4. The molecular formula is C20H25FN4O3. The minimum absolute atomic E-state index is 0.212. The molecule has 0 aliphatic heterocycles. The average molecular weight is 388 g/mol. The molecule has 0 aliphatic rings. The number of rotatable bonds is 8. The van der Waals surface area contributed by atoms with E-state index in [1.165, 1.54) is 12.1 Å². The summed E-state index contributed by atoms with van der Waals surface area (Å²) in [5.74, 6) is -1.92. The highest BCUT2D eigenvalue weighted by Gasteiger charge is 2.22. The summed E-state index contributed by atoms with van der Waals surface area (Å²) < 4.78 is 13.5.